The average Bonchev–Trinajstić information content (AvgIpc) is 2.66. The molecule has 1 N–H and O–H groups in total. The number of rotatable bonds is 6. The normalized spacial score (nSPS) is 16.1. The van der Waals surface area contributed by atoms with E-state index in [1.807, 2.05) is 25.1 Å². The molecule has 1 aliphatic rings. The van der Waals surface area contributed by atoms with Crippen LogP contribution in [0.1, 0.15) is 23.0 Å². The molecule has 3 rings (SSSR count). The predicted molar refractivity (Wildman–Crippen MR) is 100 cm³/mol. The molecule has 2 aromatic rings. The maximum Gasteiger partial charge on any atom is 0.348 e. The van der Waals surface area contributed by atoms with Crippen LogP contribution in [0.4, 0.5) is 0 Å². The standard InChI is InChI=1S/C19H25N5O3/c1-14-12-15(2)24(19(26)22-14)7-6-21-18(25)17(16-4-3-5-20-13-16)23-8-10-27-11-9-23/h3-5,12-13,17H,6-11H2,1-2H3,(H,21,25)/t17-/m1/s1. The van der Waals surface area contributed by atoms with Gasteiger partial charge in [0.15, 0.2) is 0 Å². The quantitative estimate of drug-likeness (QED) is 0.793. The third kappa shape index (κ3) is 4.78. The SMILES string of the molecule is Cc1cc(C)n(CCNC(=O)[C@@H](c2cccnc2)N2CCOCC2)c(=O)n1. The highest BCUT2D eigenvalue weighted by Gasteiger charge is 2.29. The number of aryl methyl sites for hydroxylation is 2. The van der Waals surface area contributed by atoms with Gasteiger partial charge in [-0.2, -0.15) is 4.98 Å². The second-order valence-corrected chi connectivity index (χ2v) is 6.60. The number of carbonyl (C=O) groups excluding carboxylic acids is 1. The monoisotopic (exact) mass is 371 g/mol. The van der Waals surface area contributed by atoms with Gasteiger partial charge in [0.2, 0.25) is 5.91 Å². The van der Waals surface area contributed by atoms with E-state index in [9.17, 15) is 9.59 Å². The van der Waals surface area contributed by atoms with Crippen molar-refractivity contribution in [3.63, 3.8) is 0 Å². The molecule has 1 saturated heterocycles. The molecule has 8 heteroatoms. The van der Waals surface area contributed by atoms with E-state index in [0.717, 1.165) is 11.3 Å². The molecule has 1 fully saturated rings. The first kappa shape index (κ1) is 19.2. The van der Waals surface area contributed by atoms with Crippen LogP contribution >= 0.6 is 0 Å². The highest BCUT2D eigenvalue weighted by atomic mass is 16.5. The summed E-state index contributed by atoms with van der Waals surface area (Å²) in [7, 11) is 0. The molecule has 0 radical (unpaired) electrons. The molecule has 27 heavy (non-hydrogen) atoms. The Morgan fingerprint density at radius 2 is 2.11 bits per heavy atom. The number of ether oxygens (including phenoxy) is 1. The minimum atomic E-state index is -0.420. The van der Waals surface area contributed by atoms with E-state index in [1.54, 1.807) is 23.9 Å². The molecule has 0 aromatic carbocycles. The Morgan fingerprint density at radius 3 is 2.78 bits per heavy atom. The Kier molecular flexibility index (Phi) is 6.31. The van der Waals surface area contributed by atoms with Crippen molar-refractivity contribution in [3.8, 4) is 0 Å². The highest BCUT2D eigenvalue weighted by Crippen LogP contribution is 2.21. The van der Waals surface area contributed by atoms with Crippen molar-refractivity contribution in [2.45, 2.75) is 26.4 Å². The van der Waals surface area contributed by atoms with Gasteiger partial charge in [-0.05, 0) is 31.5 Å². The summed E-state index contributed by atoms with van der Waals surface area (Å²) in [6.07, 6.45) is 3.41. The summed E-state index contributed by atoms with van der Waals surface area (Å²) in [4.78, 5) is 35.2. The Balaban J connectivity index is 1.69. The van der Waals surface area contributed by atoms with Crippen molar-refractivity contribution in [2.24, 2.45) is 0 Å². The second-order valence-electron chi connectivity index (χ2n) is 6.60. The molecule has 1 aliphatic heterocycles. The molecular formula is C19H25N5O3. The number of aromatic nitrogens is 3. The molecule has 0 saturated carbocycles. The molecule has 0 bridgehead atoms. The first-order valence-electron chi connectivity index (χ1n) is 9.11. The van der Waals surface area contributed by atoms with Crippen LogP contribution in [0.25, 0.3) is 0 Å². The Bertz CT molecular complexity index is 831. The molecule has 0 unspecified atom stereocenters. The smallest absolute Gasteiger partial charge is 0.348 e. The highest BCUT2D eigenvalue weighted by molar-refractivity contribution is 5.83. The first-order chi connectivity index (χ1) is 13.1. The van der Waals surface area contributed by atoms with Gasteiger partial charge in [0, 0.05) is 50.0 Å². The third-order valence-corrected chi connectivity index (χ3v) is 4.64. The molecule has 0 spiro atoms. The second kappa shape index (κ2) is 8.88. The van der Waals surface area contributed by atoms with Gasteiger partial charge in [0.25, 0.3) is 0 Å². The molecule has 3 heterocycles. The van der Waals surface area contributed by atoms with E-state index in [2.05, 4.69) is 20.2 Å². The largest absolute Gasteiger partial charge is 0.379 e. The van der Waals surface area contributed by atoms with Crippen molar-refractivity contribution in [1.82, 2.24) is 24.8 Å². The van der Waals surface area contributed by atoms with Gasteiger partial charge < -0.3 is 10.1 Å². The van der Waals surface area contributed by atoms with Crippen LogP contribution in [0.2, 0.25) is 0 Å². The fraction of sp³-hybridized carbons (Fsp3) is 0.474. The number of nitrogens with zero attached hydrogens (tertiary/aromatic N) is 4. The fourth-order valence-electron chi connectivity index (χ4n) is 3.34. The number of pyridine rings is 1. The van der Waals surface area contributed by atoms with Crippen molar-refractivity contribution >= 4 is 5.91 Å². The number of hydrogen-bond donors (Lipinski definition) is 1. The lowest BCUT2D eigenvalue weighted by molar-refractivity contribution is -0.128. The van der Waals surface area contributed by atoms with Crippen LogP contribution in [0.3, 0.4) is 0 Å². The summed E-state index contributed by atoms with van der Waals surface area (Å²) in [5.41, 5.74) is 2.08. The zero-order valence-corrected chi connectivity index (χ0v) is 15.7. The van der Waals surface area contributed by atoms with Crippen LogP contribution in [0, 0.1) is 13.8 Å². The van der Waals surface area contributed by atoms with Crippen LogP contribution in [-0.4, -0.2) is 58.2 Å². The summed E-state index contributed by atoms with van der Waals surface area (Å²) in [5.74, 6) is -0.101. The molecule has 8 nitrogen and oxygen atoms in total. The average molecular weight is 371 g/mol. The Hall–Kier alpha value is -2.58. The third-order valence-electron chi connectivity index (χ3n) is 4.64. The molecular weight excluding hydrogens is 346 g/mol. The summed E-state index contributed by atoms with van der Waals surface area (Å²) in [6, 6.07) is 5.17. The predicted octanol–water partition coefficient (Wildman–Crippen LogP) is 0.445. The first-order valence-corrected chi connectivity index (χ1v) is 9.11. The van der Waals surface area contributed by atoms with Gasteiger partial charge in [0.05, 0.1) is 13.2 Å². The Labute approximate surface area is 158 Å². The van der Waals surface area contributed by atoms with Gasteiger partial charge >= 0.3 is 5.69 Å². The maximum atomic E-state index is 12.9. The molecule has 0 aliphatic carbocycles. The number of amides is 1. The van der Waals surface area contributed by atoms with E-state index in [1.165, 1.54) is 0 Å². The van der Waals surface area contributed by atoms with Crippen molar-refractivity contribution in [3.05, 3.63) is 58.0 Å². The van der Waals surface area contributed by atoms with Gasteiger partial charge in [-0.15, -0.1) is 0 Å². The van der Waals surface area contributed by atoms with Crippen molar-refractivity contribution in [2.75, 3.05) is 32.8 Å². The molecule has 144 valence electrons. The van der Waals surface area contributed by atoms with E-state index in [4.69, 9.17) is 4.74 Å². The van der Waals surface area contributed by atoms with Crippen molar-refractivity contribution in [1.29, 1.82) is 0 Å². The van der Waals surface area contributed by atoms with Crippen molar-refractivity contribution < 1.29 is 9.53 Å². The van der Waals surface area contributed by atoms with Gasteiger partial charge in [-0.25, -0.2) is 4.79 Å². The van der Waals surface area contributed by atoms with E-state index in [0.29, 0.717) is 45.1 Å². The summed E-state index contributed by atoms with van der Waals surface area (Å²) >= 11 is 0. The maximum absolute atomic E-state index is 12.9. The summed E-state index contributed by atoms with van der Waals surface area (Å²) < 4.78 is 6.98. The lowest BCUT2D eigenvalue weighted by Crippen LogP contribution is -2.46. The lowest BCUT2D eigenvalue weighted by Gasteiger charge is -2.33. The minimum Gasteiger partial charge on any atom is -0.379 e. The van der Waals surface area contributed by atoms with Crippen LogP contribution in [0.15, 0.2) is 35.4 Å². The Morgan fingerprint density at radius 1 is 1.33 bits per heavy atom. The number of hydrogen-bond acceptors (Lipinski definition) is 6. The molecule has 2 aromatic heterocycles. The van der Waals surface area contributed by atoms with Gasteiger partial charge in [-0.1, -0.05) is 6.07 Å². The molecule has 1 atom stereocenters. The van der Waals surface area contributed by atoms with Gasteiger partial charge in [-0.3, -0.25) is 19.2 Å². The zero-order valence-electron chi connectivity index (χ0n) is 15.7. The summed E-state index contributed by atoms with van der Waals surface area (Å²) in [6.45, 7) is 6.98. The topological polar surface area (TPSA) is 89.4 Å². The van der Waals surface area contributed by atoms with Crippen LogP contribution < -0.4 is 11.0 Å². The van der Waals surface area contributed by atoms with Gasteiger partial charge in [0.1, 0.15) is 6.04 Å². The zero-order chi connectivity index (χ0) is 19.2. The number of carbonyl (C=O) groups is 1. The number of morpholine rings is 1. The van der Waals surface area contributed by atoms with E-state index in [-0.39, 0.29) is 11.6 Å². The van der Waals surface area contributed by atoms with E-state index >= 15 is 0 Å². The number of nitrogens with one attached hydrogen (secondary N) is 1. The van der Waals surface area contributed by atoms with Crippen LogP contribution in [-0.2, 0) is 16.1 Å². The lowest BCUT2D eigenvalue weighted by atomic mass is 10.1. The molecule has 1 amide bonds. The minimum absolute atomic E-state index is 0.101. The summed E-state index contributed by atoms with van der Waals surface area (Å²) in [5, 5.41) is 2.96. The fourth-order valence-corrected chi connectivity index (χ4v) is 3.34. The van der Waals surface area contributed by atoms with Crippen LogP contribution in [0.5, 0.6) is 0 Å². The van der Waals surface area contributed by atoms with E-state index < -0.39 is 6.04 Å².